The summed E-state index contributed by atoms with van der Waals surface area (Å²) in [5, 5.41) is 2.10. The van der Waals surface area contributed by atoms with Gasteiger partial charge < -0.3 is 14.5 Å². The number of nitrogens with zero attached hydrogens (tertiary/aromatic N) is 2. The van der Waals surface area contributed by atoms with E-state index in [4.69, 9.17) is 4.74 Å². The summed E-state index contributed by atoms with van der Waals surface area (Å²) >= 11 is 1.75. The van der Waals surface area contributed by atoms with E-state index in [0.717, 1.165) is 30.6 Å². The van der Waals surface area contributed by atoms with Crippen molar-refractivity contribution in [1.82, 2.24) is 9.80 Å². The van der Waals surface area contributed by atoms with E-state index in [1.165, 1.54) is 16.0 Å². The molecule has 4 rings (SSSR count). The van der Waals surface area contributed by atoms with Crippen molar-refractivity contribution >= 4 is 23.2 Å². The summed E-state index contributed by atoms with van der Waals surface area (Å²) in [6, 6.07) is 17.6. The van der Waals surface area contributed by atoms with Crippen molar-refractivity contribution in [3.8, 4) is 5.75 Å². The number of carbonyl (C=O) groups excluding carboxylic acids is 2. The highest BCUT2D eigenvalue weighted by molar-refractivity contribution is 7.10. The van der Waals surface area contributed by atoms with E-state index in [9.17, 15) is 9.59 Å². The van der Waals surface area contributed by atoms with Gasteiger partial charge in [-0.15, -0.1) is 11.3 Å². The van der Waals surface area contributed by atoms with Crippen LogP contribution in [-0.2, 0) is 17.6 Å². The highest BCUT2D eigenvalue weighted by Gasteiger charge is 2.34. The van der Waals surface area contributed by atoms with Crippen LogP contribution in [-0.4, -0.2) is 47.9 Å². The van der Waals surface area contributed by atoms with Crippen molar-refractivity contribution < 1.29 is 14.3 Å². The van der Waals surface area contributed by atoms with Gasteiger partial charge in [-0.25, -0.2) is 0 Å². The van der Waals surface area contributed by atoms with E-state index in [1.807, 2.05) is 67.3 Å². The monoisotopic (exact) mass is 490 g/mol. The molecule has 0 fully saturated rings. The van der Waals surface area contributed by atoms with Crippen LogP contribution in [0.5, 0.6) is 5.75 Å². The Hall–Kier alpha value is -3.12. The van der Waals surface area contributed by atoms with E-state index >= 15 is 0 Å². The third-order valence-electron chi connectivity index (χ3n) is 7.02. The lowest BCUT2D eigenvalue weighted by Gasteiger charge is -2.38. The first kappa shape index (κ1) is 25.0. The zero-order chi connectivity index (χ0) is 24.9. The number of benzene rings is 2. The molecule has 0 N–H and O–H groups in total. The van der Waals surface area contributed by atoms with Crippen LogP contribution in [0.25, 0.3) is 0 Å². The Bertz CT molecular complexity index is 1150. The van der Waals surface area contributed by atoms with Crippen molar-refractivity contribution in [1.29, 1.82) is 0 Å². The van der Waals surface area contributed by atoms with Crippen LogP contribution in [0.15, 0.2) is 60.0 Å². The fraction of sp³-hybridized carbons (Fsp3) is 0.379. The van der Waals surface area contributed by atoms with Gasteiger partial charge in [0.05, 0.1) is 13.2 Å². The second-order valence-corrected chi connectivity index (χ2v) is 10.1. The molecule has 2 atom stereocenters. The van der Waals surface area contributed by atoms with Crippen molar-refractivity contribution in [3.05, 3.63) is 87.1 Å². The first-order chi connectivity index (χ1) is 17.0. The molecule has 5 nitrogen and oxygen atoms in total. The van der Waals surface area contributed by atoms with Gasteiger partial charge in [-0.3, -0.25) is 9.59 Å². The van der Waals surface area contributed by atoms with E-state index in [2.05, 4.69) is 18.4 Å². The Balaban J connectivity index is 1.62. The lowest BCUT2D eigenvalue weighted by atomic mass is 9.93. The minimum Gasteiger partial charge on any atom is -0.497 e. The zero-order valence-corrected chi connectivity index (χ0v) is 21.8. The summed E-state index contributed by atoms with van der Waals surface area (Å²) < 4.78 is 5.34. The number of hydrogen-bond acceptors (Lipinski definition) is 4. The van der Waals surface area contributed by atoms with Crippen LogP contribution in [0.2, 0.25) is 0 Å². The maximum atomic E-state index is 13.8. The molecule has 0 saturated heterocycles. The maximum Gasteiger partial charge on any atom is 0.254 e. The molecular weight excluding hydrogens is 456 g/mol. The van der Waals surface area contributed by atoms with Crippen LogP contribution in [0.4, 0.5) is 0 Å². The molecule has 0 bridgehead atoms. The fourth-order valence-corrected chi connectivity index (χ4v) is 5.57. The molecule has 2 amide bonds. The van der Waals surface area contributed by atoms with Crippen LogP contribution >= 0.6 is 11.3 Å². The highest BCUT2D eigenvalue weighted by Crippen LogP contribution is 2.38. The molecule has 2 heterocycles. The second kappa shape index (κ2) is 11.1. The summed E-state index contributed by atoms with van der Waals surface area (Å²) in [6.45, 7) is 6.86. The van der Waals surface area contributed by atoms with Crippen molar-refractivity contribution in [3.63, 3.8) is 0 Å². The van der Waals surface area contributed by atoms with Crippen LogP contribution in [0, 0.1) is 0 Å². The smallest absolute Gasteiger partial charge is 0.254 e. The number of methoxy groups -OCH3 is 1. The Morgan fingerprint density at radius 2 is 1.80 bits per heavy atom. The van der Waals surface area contributed by atoms with Crippen LogP contribution < -0.4 is 4.74 Å². The summed E-state index contributed by atoms with van der Waals surface area (Å²) in [5.74, 6) is 0.668. The minimum absolute atomic E-state index is 0.0264. The number of amides is 2. The predicted molar refractivity (Wildman–Crippen MR) is 141 cm³/mol. The molecule has 0 radical (unpaired) electrons. The summed E-state index contributed by atoms with van der Waals surface area (Å²) in [4.78, 5) is 32.3. The van der Waals surface area contributed by atoms with E-state index < -0.39 is 0 Å². The fourth-order valence-electron chi connectivity index (χ4n) is 4.66. The summed E-state index contributed by atoms with van der Waals surface area (Å²) in [7, 11) is 1.65. The third kappa shape index (κ3) is 5.27. The molecule has 184 valence electrons. The van der Waals surface area contributed by atoms with Crippen LogP contribution in [0.3, 0.4) is 0 Å². The van der Waals surface area contributed by atoms with Gasteiger partial charge in [0.25, 0.3) is 5.91 Å². The quantitative estimate of drug-likeness (QED) is 0.405. The van der Waals surface area contributed by atoms with Gasteiger partial charge in [0.15, 0.2) is 0 Å². The molecule has 6 heteroatoms. The predicted octanol–water partition coefficient (Wildman–Crippen LogP) is 5.73. The van der Waals surface area contributed by atoms with Gasteiger partial charge in [0.1, 0.15) is 12.3 Å². The molecule has 0 spiro atoms. The Labute approximate surface area is 212 Å². The molecular formula is C29H34N2O3S. The molecule has 1 aromatic heterocycles. The summed E-state index contributed by atoms with van der Waals surface area (Å²) in [5.41, 5.74) is 4.04. The molecule has 0 aliphatic carbocycles. The number of hydrogen-bond donors (Lipinski definition) is 0. The Kier molecular flexibility index (Phi) is 7.91. The standard InChI is InChI=1S/C29H34N2O3S/c1-5-20(3)31(29(33)23-9-7-21(6-2)8-10-23)19-27(32)30-17-15-26-25(16-18-35-26)28(30)22-11-13-24(34-4)14-12-22/h7-14,16,18,20,28H,5-6,15,17,19H2,1-4H3. The topological polar surface area (TPSA) is 49.9 Å². The highest BCUT2D eigenvalue weighted by atomic mass is 32.1. The molecule has 2 unspecified atom stereocenters. The van der Waals surface area contributed by atoms with Gasteiger partial charge in [-0.05, 0) is 78.6 Å². The number of thiophene rings is 1. The SMILES string of the molecule is CCc1ccc(C(=O)N(CC(=O)N2CCc3sccc3C2c2ccc(OC)cc2)C(C)CC)cc1. The van der Waals surface area contributed by atoms with E-state index in [0.29, 0.717) is 12.1 Å². The molecule has 2 aromatic carbocycles. The average molecular weight is 491 g/mol. The molecule has 0 saturated carbocycles. The number of fused-ring (bicyclic) bond motifs is 1. The first-order valence-electron chi connectivity index (χ1n) is 12.4. The Morgan fingerprint density at radius 1 is 1.09 bits per heavy atom. The number of rotatable bonds is 8. The average Bonchev–Trinajstić information content (AvgIpc) is 3.39. The first-order valence-corrected chi connectivity index (χ1v) is 13.2. The Morgan fingerprint density at radius 3 is 2.43 bits per heavy atom. The summed E-state index contributed by atoms with van der Waals surface area (Å²) in [6.07, 6.45) is 2.54. The lowest BCUT2D eigenvalue weighted by Crippen LogP contribution is -2.49. The lowest BCUT2D eigenvalue weighted by molar-refractivity contribution is -0.134. The van der Waals surface area contributed by atoms with Crippen molar-refractivity contribution in [2.75, 3.05) is 20.2 Å². The van der Waals surface area contributed by atoms with Gasteiger partial charge in [0.2, 0.25) is 5.91 Å². The third-order valence-corrected chi connectivity index (χ3v) is 8.01. The molecule has 3 aromatic rings. The maximum absolute atomic E-state index is 13.8. The molecule has 35 heavy (non-hydrogen) atoms. The van der Waals surface area contributed by atoms with E-state index in [-0.39, 0.29) is 30.4 Å². The number of aryl methyl sites for hydroxylation is 1. The normalized spacial score (nSPS) is 15.9. The van der Waals surface area contributed by atoms with Crippen molar-refractivity contribution in [2.45, 2.75) is 52.1 Å². The van der Waals surface area contributed by atoms with Crippen LogP contribution in [0.1, 0.15) is 65.2 Å². The largest absolute Gasteiger partial charge is 0.497 e. The van der Waals surface area contributed by atoms with E-state index in [1.54, 1.807) is 23.3 Å². The number of ether oxygens (including phenoxy) is 1. The van der Waals surface area contributed by atoms with Gasteiger partial charge in [0, 0.05) is 23.0 Å². The second-order valence-electron chi connectivity index (χ2n) is 9.05. The van der Waals surface area contributed by atoms with Gasteiger partial charge in [-0.1, -0.05) is 38.1 Å². The number of carbonyl (C=O) groups is 2. The zero-order valence-electron chi connectivity index (χ0n) is 21.0. The minimum atomic E-state index is -0.166. The molecule has 1 aliphatic heterocycles. The van der Waals surface area contributed by atoms with Gasteiger partial charge in [-0.2, -0.15) is 0 Å². The van der Waals surface area contributed by atoms with Crippen molar-refractivity contribution in [2.24, 2.45) is 0 Å². The van der Waals surface area contributed by atoms with Gasteiger partial charge >= 0.3 is 0 Å². The molecule has 1 aliphatic rings.